The smallest absolute Gasteiger partial charge is 0.258 e. The minimum atomic E-state index is -0.878. The van der Waals surface area contributed by atoms with E-state index in [2.05, 4.69) is 0 Å². The number of para-hydroxylation sites is 1. The van der Waals surface area contributed by atoms with E-state index in [1.165, 1.54) is 7.11 Å². The van der Waals surface area contributed by atoms with Crippen molar-refractivity contribution >= 4 is 11.6 Å². The van der Waals surface area contributed by atoms with Crippen LogP contribution in [0.5, 0.6) is 5.75 Å². The van der Waals surface area contributed by atoms with E-state index in [4.69, 9.17) is 4.74 Å². The van der Waals surface area contributed by atoms with Gasteiger partial charge in [-0.3, -0.25) is 4.79 Å². The van der Waals surface area contributed by atoms with Crippen molar-refractivity contribution in [1.29, 1.82) is 0 Å². The van der Waals surface area contributed by atoms with Gasteiger partial charge in [0.1, 0.15) is 11.4 Å². The molecule has 1 aromatic rings. The van der Waals surface area contributed by atoms with Gasteiger partial charge >= 0.3 is 0 Å². The number of amides is 1. The SMILES string of the molecule is COC(C)(C)C(=O)N1CCCc2cccc(O)c21. The van der Waals surface area contributed by atoms with Crippen LogP contribution in [0.1, 0.15) is 25.8 Å². The second kappa shape index (κ2) is 4.61. The molecule has 1 heterocycles. The maximum atomic E-state index is 12.5. The summed E-state index contributed by atoms with van der Waals surface area (Å²) in [5, 5.41) is 9.98. The molecule has 4 nitrogen and oxygen atoms in total. The molecule has 18 heavy (non-hydrogen) atoms. The summed E-state index contributed by atoms with van der Waals surface area (Å²) in [5.74, 6) is 0.0416. The number of nitrogens with zero attached hydrogens (tertiary/aromatic N) is 1. The highest BCUT2D eigenvalue weighted by atomic mass is 16.5. The van der Waals surface area contributed by atoms with Crippen molar-refractivity contribution in [3.05, 3.63) is 23.8 Å². The van der Waals surface area contributed by atoms with Crippen molar-refractivity contribution in [1.82, 2.24) is 0 Å². The average Bonchev–Trinajstić information content (AvgIpc) is 2.37. The van der Waals surface area contributed by atoms with E-state index in [-0.39, 0.29) is 11.7 Å². The number of carbonyl (C=O) groups excluding carboxylic acids is 1. The van der Waals surface area contributed by atoms with Gasteiger partial charge in [0.05, 0.1) is 5.69 Å². The van der Waals surface area contributed by atoms with E-state index in [0.29, 0.717) is 12.2 Å². The zero-order chi connectivity index (χ0) is 13.3. The number of benzene rings is 1. The third-order valence-electron chi connectivity index (χ3n) is 3.47. The van der Waals surface area contributed by atoms with Gasteiger partial charge in [0.25, 0.3) is 5.91 Å². The third kappa shape index (κ3) is 2.08. The normalized spacial score (nSPS) is 15.4. The number of hydrogen-bond donors (Lipinski definition) is 1. The number of aromatic hydroxyl groups is 1. The Bertz CT molecular complexity index is 468. The van der Waals surface area contributed by atoms with Crippen LogP contribution in [0.4, 0.5) is 5.69 Å². The molecule has 0 saturated heterocycles. The van der Waals surface area contributed by atoms with Crippen LogP contribution in [0.3, 0.4) is 0 Å². The molecule has 1 N–H and O–H groups in total. The molecule has 0 bridgehead atoms. The standard InChI is InChI=1S/C14H19NO3/c1-14(2,18-3)13(17)15-9-5-7-10-6-4-8-11(16)12(10)15/h4,6,8,16H,5,7,9H2,1-3H3. The van der Waals surface area contributed by atoms with E-state index < -0.39 is 5.60 Å². The predicted molar refractivity (Wildman–Crippen MR) is 69.9 cm³/mol. The summed E-state index contributed by atoms with van der Waals surface area (Å²) in [6.07, 6.45) is 1.79. The summed E-state index contributed by atoms with van der Waals surface area (Å²) in [6.45, 7) is 4.10. The van der Waals surface area contributed by atoms with Crippen molar-refractivity contribution in [2.45, 2.75) is 32.3 Å². The fraction of sp³-hybridized carbons (Fsp3) is 0.500. The van der Waals surface area contributed by atoms with E-state index in [1.807, 2.05) is 12.1 Å². The number of ether oxygens (including phenoxy) is 1. The second-order valence-electron chi connectivity index (χ2n) is 5.06. The number of methoxy groups -OCH3 is 1. The van der Waals surface area contributed by atoms with Gasteiger partial charge in [-0.1, -0.05) is 12.1 Å². The summed E-state index contributed by atoms with van der Waals surface area (Å²) in [6, 6.07) is 5.38. The Morgan fingerprint density at radius 1 is 1.44 bits per heavy atom. The lowest BCUT2D eigenvalue weighted by Crippen LogP contribution is -2.48. The molecule has 4 heteroatoms. The fourth-order valence-electron chi connectivity index (χ4n) is 2.25. The first-order chi connectivity index (χ1) is 8.47. The topological polar surface area (TPSA) is 49.8 Å². The number of hydrogen-bond acceptors (Lipinski definition) is 3. The number of phenolic OH excluding ortho intramolecular Hbond substituents is 1. The van der Waals surface area contributed by atoms with Gasteiger partial charge in [-0.2, -0.15) is 0 Å². The minimum Gasteiger partial charge on any atom is -0.506 e. The molecule has 1 amide bonds. The third-order valence-corrected chi connectivity index (χ3v) is 3.47. The summed E-state index contributed by atoms with van der Waals surface area (Å²) < 4.78 is 5.23. The molecule has 2 rings (SSSR count). The van der Waals surface area contributed by atoms with Gasteiger partial charge in [-0.25, -0.2) is 0 Å². The van der Waals surface area contributed by atoms with Crippen LogP contribution in [0.2, 0.25) is 0 Å². The number of rotatable bonds is 2. The molecule has 0 radical (unpaired) electrons. The lowest BCUT2D eigenvalue weighted by molar-refractivity contribution is -0.136. The Hall–Kier alpha value is -1.55. The average molecular weight is 249 g/mol. The summed E-state index contributed by atoms with van der Waals surface area (Å²) in [7, 11) is 1.52. The Balaban J connectivity index is 2.42. The number of carbonyl (C=O) groups is 1. The molecule has 0 unspecified atom stereocenters. The maximum Gasteiger partial charge on any atom is 0.258 e. The van der Waals surface area contributed by atoms with Crippen molar-refractivity contribution in [3.8, 4) is 5.75 Å². The van der Waals surface area contributed by atoms with Gasteiger partial charge < -0.3 is 14.7 Å². The van der Waals surface area contributed by atoms with Crippen LogP contribution in [0.25, 0.3) is 0 Å². The fourth-order valence-corrected chi connectivity index (χ4v) is 2.25. The molecule has 1 aliphatic heterocycles. The lowest BCUT2D eigenvalue weighted by atomic mass is 9.98. The van der Waals surface area contributed by atoms with E-state index >= 15 is 0 Å². The zero-order valence-electron chi connectivity index (χ0n) is 11.1. The predicted octanol–water partition coefficient (Wildman–Crippen LogP) is 2.10. The summed E-state index contributed by atoms with van der Waals surface area (Å²) >= 11 is 0. The molecule has 0 aromatic heterocycles. The number of fused-ring (bicyclic) bond motifs is 1. The molecule has 0 atom stereocenters. The van der Waals surface area contributed by atoms with Crippen LogP contribution in [0.15, 0.2) is 18.2 Å². The first kappa shape index (κ1) is 12.9. The molecule has 98 valence electrons. The van der Waals surface area contributed by atoms with Crippen molar-refractivity contribution < 1.29 is 14.6 Å². The van der Waals surface area contributed by atoms with Crippen LogP contribution < -0.4 is 4.90 Å². The van der Waals surface area contributed by atoms with Gasteiger partial charge in [0.2, 0.25) is 0 Å². The van der Waals surface area contributed by atoms with Crippen molar-refractivity contribution in [2.75, 3.05) is 18.6 Å². The number of phenols is 1. The van der Waals surface area contributed by atoms with Gasteiger partial charge in [-0.15, -0.1) is 0 Å². The molecular formula is C14H19NO3. The van der Waals surface area contributed by atoms with E-state index in [0.717, 1.165) is 18.4 Å². The van der Waals surface area contributed by atoms with Crippen molar-refractivity contribution in [2.24, 2.45) is 0 Å². The lowest BCUT2D eigenvalue weighted by Gasteiger charge is -2.35. The van der Waals surface area contributed by atoms with Gasteiger partial charge in [0, 0.05) is 13.7 Å². The zero-order valence-corrected chi connectivity index (χ0v) is 11.1. The molecule has 1 aromatic carbocycles. The maximum absolute atomic E-state index is 12.5. The quantitative estimate of drug-likeness (QED) is 0.873. The highest BCUT2D eigenvalue weighted by Gasteiger charge is 2.35. The summed E-state index contributed by atoms with van der Waals surface area (Å²) in [4.78, 5) is 14.1. The molecule has 0 saturated carbocycles. The highest BCUT2D eigenvalue weighted by Crippen LogP contribution is 2.36. The van der Waals surface area contributed by atoms with Gasteiger partial charge in [0.15, 0.2) is 0 Å². The van der Waals surface area contributed by atoms with E-state index in [9.17, 15) is 9.90 Å². The van der Waals surface area contributed by atoms with E-state index in [1.54, 1.807) is 24.8 Å². The largest absolute Gasteiger partial charge is 0.506 e. The van der Waals surface area contributed by atoms with Crippen LogP contribution in [-0.2, 0) is 16.0 Å². The minimum absolute atomic E-state index is 0.118. The molecule has 0 spiro atoms. The Morgan fingerprint density at radius 2 is 2.17 bits per heavy atom. The van der Waals surface area contributed by atoms with Crippen LogP contribution in [0, 0.1) is 0 Å². The first-order valence-corrected chi connectivity index (χ1v) is 6.15. The Morgan fingerprint density at radius 3 is 2.83 bits per heavy atom. The summed E-state index contributed by atoms with van der Waals surface area (Å²) in [5.41, 5.74) is 0.775. The first-order valence-electron chi connectivity index (χ1n) is 6.15. The molecule has 0 fully saturated rings. The van der Waals surface area contributed by atoms with Crippen LogP contribution in [-0.4, -0.2) is 30.3 Å². The highest BCUT2D eigenvalue weighted by molar-refractivity contribution is 6.01. The monoisotopic (exact) mass is 249 g/mol. The number of anilines is 1. The Kier molecular flexibility index (Phi) is 3.30. The molecule has 0 aliphatic carbocycles. The van der Waals surface area contributed by atoms with Crippen molar-refractivity contribution in [3.63, 3.8) is 0 Å². The second-order valence-corrected chi connectivity index (χ2v) is 5.06. The molecule has 1 aliphatic rings. The van der Waals surface area contributed by atoms with Gasteiger partial charge in [-0.05, 0) is 38.3 Å². The van der Waals surface area contributed by atoms with Crippen LogP contribution >= 0.6 is 0 Å². The Labute approximate surface area is 107 Å². The molecular weight excluding hydrogens is 230 g/mol. The number of aryl methyl sites for hydroxylation is 1.